The molecule has 2 amide bonds. The summed E-state index contributed by atoms with van der Waals surface area (Å²) in [6.07, 6.45) is 4.58. The molecule has 0 bridgehead atoms. The van der Waals surface area contributed by atoms with Gasteiger partial charge in [0, 0.05) is 36.7 Å². The van der Waals surface area contributed by atoms with Gasteiger partial charge in [0.2, 0.25) is 11.8 Å². The summed E-state index contributed by atoms with van der Waals surface area (Å²) in [4.78, 5) is 28.5. The van der Waals surface area contributed by atoms with Crippen molar-refractivity contribution < 1.29 is 23.5 Å². The minimum atomic E-state index is -0.373. The van der Waals surface area contributed by atoms with Gasteiger partial charge in [0.1, 0.15) is 5.82 Å². The maximum absolute atomic E-state index is 13.9. The van der Waals surface area contributed by atoms with E-state index in [1.807, 2.05) is 11.0 Å². The molecule has 2 unspecified atom stereocenters. The second kappa shape index (κ2) is 10.5. The minimum Gasteiger partial charge on any atom is -0.493 e. The number of piperidine rings is 1. The first-order valence-corrected chi connectivity index (χ1v) is 12.0. The van der Waals surface area contributed by atoms with Crippen LogP contribution in [-0.2, 0) is 9.59 Å². The molecular weight excluding hydrogens is 435 g/mol. The smallest absolute Gasteiger partial charge is 0.229 e. The Bertz CT molecular complexity index is 1050. The van der Waals surface area contributed by atoms with Crippen LogP contribution < -0.4 is 14.8 Å². The van der Waals surface area contributed by atoms with Gasteiger partial charge in [-0.3, -0.25) is 9.59 Å². The summed E-state index contributed by atoms with van der Waals surface area (Å²) in [5.74, 6) is 0.511. The largest absolute Gasteiger partial charge is 0.493 e. The third kappa shape index (κ3) is 5.18. The highest BCUT2D eigenvalue weighted by atomic mass is 19.1. The van der Waals surface area contributed by atoms with Crippen LogP contribution in [0.2, 0.25) is 0 Å². The molecule has 0 spiro atoms. The number of aryl methyl sites for hydroxylation is 1. The lowest BCUT2D eigenvalue weighted by molar-refractivity contribution is -0.138. The number of methoxy groups -OCH3 is 2. The van der Waals surface area contributed by atoms with E-state index in [1.165, 1.54) is 6.07 Å². The fourth-order valence-corrected chi connectivity index (χ4v) is 5.22. The van der Waals surface area contributed by atoms with Gasteiger partial charge in [0.05, 0.1) is 20.1 Å². The van der Waals surface area contributed by atoms with Crippen molar-refractivity contribution in [1.29, 1.82) is 0 Å². The van der Waals surface area contributed by atoms with Crippen molar-refractivity contribution in [3.05, 3.63) is 53.3 Å². The summed E-state index contributed by atoms with van der Waals surface area (Å²) in [5, 5.41) is 2.99. The van der Waals surface area contributed by atoms with Gasteiger partial charge in [0.25, 0.3) is 0 Å². The van der Waals surface area contributed by atoms with Crippen LogP contribution in [0, 0.1) is 24.6 Å². The average Bonchev–Trinajstić information content (AvgIpc) is 3.40. The Balaban J connectivity index is 1.56. The van der Waals surface area contributed by atoms with E-state index in [0.29, 0.717) is 42.3 Å². The van der Waals surface area contributed by atoms with Crippen LogP contribution >= 0.6 is 0 Å². The first kappa shape index (κ1) is 24.0. The molecule has 182 valence electrons. The average molecular weight is 469 g/mol. The SMILES string of the molecule is COc1ccc(NC(=O)C2CC(c3ccc(F)c(C)c3)CN(C(=O)C3CCCC3)C2)cc1OC. The highest BCUT2D eigenvalue weighted by molar-refractivity contribution is 5.93. The Morgan fingerprint density at radius 2 is 1.71 bits per heavy atom. The number of amides is 2. The number of nitrogens with one attached hydrogen (secondary N) is 1. The Morgan fingerprint density at radius 1 is 0.971 bits per heavy atom. The van der Waals surface area contributed by atoms with Crippen LogP contribution in [0.25, 0.3) is 0 Å². The number of ether oxygens (including phenoxy) is 2. The van der Waals surface area contributed by atoms with Crippen LogP contribution in [0.3, 0.4) is 0 Å². The Hall–Kier alpha value is -3.09. The monoisotopic (exact) mass is 468 g/mol. The molecule has 0 radical (unpaired) electrons. The molecule has 1 saturated heterocycles. The molecule has 2 aromatic rings. The van der Waals surface area contributed by atoms with Crippen LogP contribution in [0.4, 0.5) is 10.1 Å². The summed E-state index contributed by atoms with van der Waals surface area (Å²) in [6.45, 7) is 2.69. The van der Waals surface area contributed by atoms with Crippen molar-refractivity contribution in [3.8, 4) is 11.5 Å². The second-order valence-electron chi connectivity index (χ2n) is 9.42. The molecule has 1 N–H and O–H groups in total. The van der Waals surface area contributed by atoms with Crippen molar-refractivity contribution in [2.75, 3.05) is 32.6 Å². The zero-order valence-corrected chi connectivity index (χ0v) is 20.1. The quantitative estimate of drug-likeness (QED) is 0.654. The molecule has 1 heterocycles. The predicted molar refractivity (Wildman–Crippen MR) is 129 cm³/mol. The van der Waals surface area contributed by atoms with Crippen molar-refractivity contribution in [2.45, 2.75) is 44.9 Å². The van der Waals surface area contributed by atoms with Gasteiger partial charge in [0.15, 0.2) is 11.5 Å². The maximum atomic E-state index is 13.9. The molecule has 2 fully saturated rings. The number of likely N-dealkylation sites (tertiary alicyclic amines) is 1. The molecule has 1 aliphatic carbocycles. The molecule has 34 heavy (non-hydrogen) atoms. The summed E-state index contributed by atoms with van der Waals surface area (Å²) in [6, 6.07) is 10.3. The first-order chi connectivity index (χ1) is 16.4. The van der Waals surface area contributed by atoms with Crippen LogP contribution in [0.5, 0.6) is 11.5 Å². The third-order valence-corrected chi connectivity index (χ3v) is 7.14. The number of rotatable bonds is 6. The van der Waals surface area contributed by atoms with E-state index in [4.69, 9.17) is 9.47 Å². The number of carbonyl (C=O) groups is 2. The lowest BCUT2D eigenvalue weighted by Crippen LogP contribution is -2.48. The number of nitrogens with zero attached hydrogens (tertiary/aromatic N) is 1. The van der Waals surface area contributed by atoms with Crippen LogP contribution in [0.1, 0.15) is 49.1 Å². The highest BCUT2D eigenvalue weighted by Gasteiger charge is 2.37. The van der Waals surface area contributed by atoms with Crippen LogP contribution in [0.15, 0.2) is 36.4 Å². The van der Waals surface area contributed by atoms with E-state index in [-0.39, 0.29) is 35.4 Å². The summed E-state index contributed by atoms with van der Waals surface area (Å²) in [5.41, 5.74) is 2.14. The highest BCUT2D eigenvalue weighted by Crippen LogP contribution is 2.35. The number of hydrogen-bond donors (Lipinski definition) is 1. The Labute approximate surface area is 200 Å². The number of halogens is 1. The molecule has 2 aromatic carbocycles. The molecular formula is C27H33FN2O4. The van der Waals surface area contributed by atoms with Crippen molar-refractivity contribution >= 4 is 17.5 Å². The van der Waals surface area contributed by atoms with E-state index in [1.54, 1.807) is 45.4 Å². The summed E-state index contributed by atoms with van der Waals surface area (Å²) < 4.78 is 24.5. The molecule has 1 saturated carbocycles. The molecule has 6 nitrogen and oxygen atoms in total. The van der Waals surface area contributed by atoms with E-state index >= 15 is 0 Å². The van der Waals surface area contributed by atoms with Gasteiger partial charge in [-0.25, -0.2) is 4.39 Å². The van der Waals surface area contributed by atoms with Crippen molar-refractivity contribution in [2.24, 2.45) is 11.8 Å². The van der Waals surface area contributed by atoms with E-state index in [2.05, 4.69) is 5.32 Å². The first-order valence-electron chi connectivity index (χ1n) is 12.0. The van der Waals surface area contributed by atoms with Crippen LogP contribution in [-0.4, -0.2) is 44.0 Å². The van der Waals surface area contributed by atoms with Gasteiger partial charge < -0.3 is 19.7 Å². The molecule has 4 rings (SSSR count). The standard InChI is InChI=1S/C27H33FN2O4/c1-17-12-19(8-10-23(17)28)20-13-21(16-30(15-20)27(32)18-6-4-5-7-18)26(31)29-22-9-11-24(33-2)25(14-22)34-3/h8-12,14,18,20-21H,4-7,13,15-16H2,1-3H3,(H,29,31). The molecule has 2 aliphatic rings. The normalized spacial score (nSPS) is 20.8. The van der Waals surface area contributed by atoms with E-state index in [9.17, 15) is 14.0 Å². The number of hydrogen-bond acceptors (Lipinski definition) is 4. The molecule has 2 atom stereocenters. The molecule has 0 aromatic heterocycles. The van der Waals surface area contributed by atoms with Crippen molar-refractivity contribution in [1.82, 2.24) is 4.90 Å². The van der Waals surface area contributed by atoms with Gasteiger partial charge in [-0.05, 0) is 55.5 Å². The molecule has 7 heteroatoms. The minimum absolute atomic E-state index is 0.0282. The Kier molecular flexibility index (Phi) is 7.39. The number of anilines is 1. The zero-order chi connectivity index (χ0) is 24.2. The van der Waals surface area contributed by atoms with E-state index < -0.39 is 0 Å². The molecule has 1 aliphatic heterocycles. The fraction of sp³-hybridized carbons (Fsp3) is 0.481. The zero-order valence-electron chi connectivity index (χ0n) is 20.1. The third-order valence-electron chi connectivity index (χ3n) is 7.14. The maximum Gasteiger partial charge on any atom is 0.229 e. The Morgan fingerprint density at radius 3 is 2.38 bits per heavy atom. The number of benzene rings is 2. The van der Waals surface area contributed by atoms with Gasteiger partial charge in [-0.2, -0.15) is 0 Å². The van der Waals surface area contributed by atoms with E-state index in [0.717, 1.165) is 31.2 Å². The second-order valence-corrected chi connectivity index (χ2v) is 9.42. The topological polar surface area (TPSA) is 67.9 Å². The lowest BCUT2D eigenvalue weighted by Gasteiger charge is -2.38. The summed E-state index contributed by atoms with van der Waals surface area (Å²) >= 11 is 0. The summed E-state index contributed by atoms with van der Waals surface area (Å²) in [7, 11) is 3.11. The van der Waals surface area contributed by atoms with Gasteiger partial charge >= 0.3 is 0 Å². The van der Waals surface area contributed by atoms with Gasteiger partial charge in [-0.1, -0.05) is 25.0 Å². The van der Waals surface area contributed by atoms with Crippen molar-refractivity contribution in [3.63, 3.8) is 0 Å². The predicted octanol–water partition coefficient (Wildman–Crippen LogP) is 4.91. The van der Waals surface area contributed by atoms with Gasteiger partial charge in [-0.15, -0.1) is 0 Å². The lowest BCUT2D eigenvalue weighted by atomic mass is 9.83. The fourth-order valence-electron chi connectivity index (χ4n) is 5.22. The number of carbonyl (C=O) groups excluding carboxylic acids is 2.